The molecule has 2 unspecified atom stereocenters. The minimum Gasteiger partial charge on any atom is -0.468 e. The fourth-order valence-corrected chi connectivity index (χ4v) is 2.30. The number of aliphatic hydroxyl groups excluding tert-OH is 1. The molecule has 3 heteroatoms. The van der Waals surface area contributed by atoms with Crippen molar-refractivity contribution in [3.05, 3.63) is 60.1 Å². The smallest absolute Gasteiger partial charge is 0.117 e. The molecule has 0 fully saturated rings. The van der Waals surface area contributed by atoms with Crippen LogP contribution in [-0.2, 0) is 6.54 Å². The van der Waals surface area contributed by atoms with Gasteiger partial charge >= 0.3 is 0 Å². The maximum Gasteiger partial charge on any atom is 0.117 e. The first-order valence-corrected chi connectivity index (χ1v) is 6.60. The van der Waals surface area contributed by atoms with Crippen molar-refractivity contribution in [1.29, 1.82) is 0 Å². The van der Waals surface area contributed by atoms with Gasteiger partial charge in [-0.2, -0.15) is 0 Å². The van der Waals surface area contributed by atoms with Crippen LogP contribution in [0.2, 0.25) is 0 Å². The van der Waals surface area contributed by atoms with Gasteiger partial charge in [0.05, 0.1) is 18.9 Å². The summed E-state index contributed by atoms with van der Waals surface area (Å²) >= 11 is 0. The van der Waals surface area contributed by atoms with Crippen LogP contribution >= 0.6 is 0 Å². The highest BCUT2D eigenvalue weighted by atomic mass is 16.3. The van der Waals surface area contributed by atoms with Crippen LogP contribution in [0.15, 0.2) is 53.1 Å². The van der Waals surface area contributed by atoms with E-state index in [2.05, 4.69) is 11.8 Å². The minimum atomic E-state index is -0.430. The lowest BCUT2D eigenvalue weighted by molar-refractivity contribution is 0.0916. The molecule has 3 nitrogen and oxygen atoms in total. The largest absolute Gasteiger partial charge is 0.468 e. The molecule has 0 saturated heterocycles. The number of hydrogen-bond donors (Lipinski definition) is 1. The number of rotatable bonds is 6. The zero-order chi connectivity index (χ0) is 13.7. The molecule has 1 N–H and O–H groups in total. The van der Waals surface area contributed by atoms with E-state index in [1.807, 2.05) is 49.5 Å². The first-order valence-electron chi connectivity index (χ1n) is 6.60. The molecule has 2 aromatic rings. The molecule has 0 saturated carbocycles. The molecule has 0 amide bonds. The Hall–Kier alpha value is -1.58. The first-order chi connectivity index (χ1) is 9.16. The number of hydrogen-bond acceptors (Lipinski definition) is 3. The van der Waals surface area contributed by atoms with Crippen LogP contribution in [0.3, 0.4) is 0 Å². The van der Waals surface area contributed by atoms with Gasteiger partial charge in [0.1, 0.15) is 5.76 Å². The Morgan fingerprint density at radius 3 is 2.53 bits per heavy atom. The van der Waals surface area contributed by atoms with Crippen LogP contribution < -0.4 is 0 Å². The minimum absolute atomic E-state index is 0.169. The second-order valence-electron chi connectivity index (χ2n) is 5.11. The molecule has 1 heterocycles. The summed E-state index contributed by atoms with van der Waals surface area (Å²) in [6.07, 6.45) is 1.26. The second-order valence-corrected chi connectivity index (χ2v) is 5.11. The Labute approximate surface area is 114 Å². The van der Waals surface area contributed by atoms with Gasteiger partial charge in [0.2, 0.25) is 0 Å². The second kappa shape index (κ2) is 6.55. The van der Waals surface area contributed by atoms with Gasteiger partial charge in [0.25, 0.3) is 0 Å². The Morgan fingerprint density at radius 1 is 1.16 bits per heavy atom. The first kappa shape index (κ1) is 13.8. The fourth-order valence-electron chi connectivity index (χ4n) is 2.30. The number of furan rings is 1. The summed E-state index contributed by atoms with van der Waals surface area (Å²) in [5.41, 5.74) is 0.974. The highest BCUT2D eigenvalue weighted by molar-refractivity contribution is 5.17. The van der Waals surface area contributed by atoms with Gasteiger partial charge in [-0.1, -0.05) is 37.3 Å². The van der Waals surface area contributed by atoms with Crippen LogP contribution in [0, 0.1) is 5.92 Å². The molecule has 1 aromatic heterocycles. The van der Waals surface area contributed by atoms with Crippen molar-refractivity contribution in [2.75, 3.05) is 13.6 Å². The molecule has 0 bridgehead atoms. The quantitative estimate of drug-likeness (QED) is 0.866. The van der Waals surface area contributed by atoms with E-state index in [4.69, 9.17) is 4.42 Å². The van der Waals surface area contributed by atoms with E-state index in [0.29, 0.717) is 0 Å². The normalized spacial score (nSPS) is 14.5. The SMILES string of the molecule is CC(CN(C)Cc1ccco1)C(O)c1ccccc1. The van der Waals surface area contributed by atoms with Crippen molar-refractivity contribution < 1.29 is 9.52 Å². The maximum absolute atomic E-state index is 10.3. The van der Waals surface area contributed by atoms with Gasteiger partial charge in [0.15, 0.2) is 0 Å². The lowest BCUT2D eigenvalue weighted by Gasteiger charge is -2.24. The Balaban J connectivity index is 1.88. The van der Waals surface area contributed by atoms with E-state index >= 15 is 0 Å². The number of benzene rings is 1. The summed E-state index contributed by atoms with van der Waals surface area (Å²) in [6, 6.07) is 13.7. The highest BCUT2D eigenvalue weighted by Gasteiger charge is 2.18. The standard InChI is InChI=1S/C16H21NO2/c1-13(16(18)14-7-4-3-5-8-14)11-17(2)12-15-9-6-10-19-15/h3-10,13,16,18H,11-12H2,1-2H3. The Morgan fingerprint density at radius 2 is 1.89 bits per heavy atom. The van der Waals surface area contributed by atoms with Crippen molar-refractivity contribution >= 4 is 0 Å². The van der Waals surface area contributed by atoms with E-state index in [-0.39, 0.29) is 5.92 Å². The van der Waals surface area contributed by atoms with Crippen LogP contribution in [0.5, 0.6) is 0 Å². The Kier molecular flexibility index (Phi) is 4.77. The highest BCUT2D eigenvalue weighted by Crippen LogP contribution is 2.22. The fraction of sp³-hybridized carbons (Fsp3) is 0.375. The molecule has 0 aliphatic heterocycles. The third-order valence-corrected chi connectivity index (χ3v) is 3.29. The Bertz CT molecular complexity index is 467. The lowest BCUT2D eigenvalue weighted by Crippen LogP contribution is -2.27. The van der Waals surface area contributed by atoms with Gasteiger partial charge in [-0.05, 0) is 30.7 Å². The molecule has 1 aromatic carbocycles. The molecular weight excluding hydrogens is 238 g/mol. The number of aliphatic hydroxyl groups is 1. The monoisotopic (exact) mass is 259 g/mol. The summed E-state index contributed by atoms with van der Waals surface area (Å²) in [6.45, 7) is 3.64. The van der Waals surface area contributed by atoms with Gasteiger partial charge in [-0.25, -0.2) is 0 Å². The van der Waals surface area contributed by atoms with Gasteiger partial charge < -0.3 is 9.52 Å². The molecule has 0 aliphatic carbocycles. The van der Waals surface area contributed by atoms with Crippen LogP contribution in [-0.4, -0.2) is 23.6 Å². The molecule has 102 valence electrons. The maximum atomic E-state index is 10.3. The number of nitrogens with zero attached hydrogens (tertiary/aromatic N) is 1. The lowest BCUT2D eigenvalue weighted by atomic mass is 9.97. The molecule has 2 atom stereocenters. The predicted octanol–water partition coefficient (Wildman–Crippen LogP) is 3.08. The van der Waals surface area contributed by atoms with Gasteiger partial charge in [-0.15, -0.1) is 0 Å². The van der Waals surface area contributed by atoms with Crippen molar-refractivity contribution in [3.8, 4) is 0 Å². The summed E-state index contributed by atoms with van der Waals surface area (Å²) < 4.78 is 5.33. The summed E-state index contributed by atoms with van der Waals surface area (Å²) in [5, 5.41) is 10.3. The van der Waals surface area contributed by atoms with E-state index in [0.717, 1.165) is 24.4 Å². The van der Waals surface area contributed by atoms with Gasteiger partial charge in [0, 0.05) is 6.54 Å². The van der Waals surface area contributed by atoms with Crippen molar-refractivity contribution in [2.24, 2.45) is 5.92 Å². The van der Waals surface area contributed by atoms with E-state index in [9.17, 15) is 5.11 Å². The molecule has 0 aliphatic rings. The third kappa shape index (κ3) is 3.94. The molecule has 0 spiro atoms. The van der Waals surface area contributed by atoms with Crippen LogP contribution in [0.25, 0.3) is 0 Å². The van der Waals surface area contributed by atoms with Gasteiger partial charge in [-0.3, -0.25) is 4.90 Å². The topological polar surface area (TPSA) is 36.6 Å². The molecule has 19 heavy (non-hydrogen) atoms. The van der Waals surface area contributed by atoms with Crippen molar-refractivity contribution in [1.82, 2.24) is 4.90 Å². The third-order valence-electron chi connectivity index (χ3n) is 3.29. The molecular formula is C16H21NO2. The zero-order valence-electron chi connectivity index (χ0n) is 11.5. The van der Waals surface area contributed by atoms with Crippen molar-refractivity contribution in [2.45, 2.75) is 19.6 Å². The van der Waals surface area contributed by atoms with Crippen LogP contribution in [0.1, 0.15) is 24.4 Å². The zero-order valence-corrected chi connectivity index (χ0v) is 11.5. The predicted molar refractivity (Wildman–Crippen MR) is 75.6 cm³/mol. The van der Waals surface area contributed by atoms with E-state index < -0.39 is 6.10 Å². The summed E-state index contributed by atoms with van der Waals surface area (Å²) in [4.78, 5) is 2.16. The summed E-state index contributed by atoms with van der Waals surface area (Å²) in [7, 11) is 2.04. The summed E-state index contributed by atoms with van der Waals surface area (Å²) in [5.74, 6) is 1.12. The van der Waals surface area contributed by atoms with E-state index in [1.165, 1.54) is 0 Å². The average Bonchev–Trinajstić information content (AvgIpc) is 2.91. The van der Waals surface area contributed by atoms with Crippen molar-refractivity contribution in [3.63, 3.8) is 0 Å². The molecule has 0 radical (unpaired) electrons. The van der Waals surface area contributed by atoms with Crippen LogP contribution in [0.4, 0.5) is 0 Å². The average molecular weight is 259 g/mol. The van der Waals surface area contributed by atoms with E-state index in [1.54, 1.807) is 6.26 Å². The molecule has 2 rings (SSSR count).